The van der Waals surface area contributed by atoms with Crippen molar-refractivity contribution in [3.63, 3.8) is 0 Å². The number of alkyl halides is 2. The first-order valence-electron chi connectivity index (χ1n) is 9.93. The third-order valence-corrected chi connectivity index (χ3v) is 8.25. The summed E-state index contributed by atoms with van der Waals surface area (Å²) in [7, 11) is -1.93. The number of ether oxygens (including phenoxy) is 1. The van der Waals surface area contributed by atoms with Crippen LogP contribution in [0.2, 0.25) is 0 Å². The molecular formula is C20H22F3N5O4S. The molecule has 2 aliphatic rings. The smallest absolute Gasteiger partial charge is 0.387 e. The number of nitrogens with zero attached hydrogens (tertiary/aromatic N) is 3. The van der Waals surface area contributed by atoms with Gasteiger partial charge in [0.05, 0.1) is 11.4 Å². The summed E-state index contributed by atoms with van der Waals surface area (Å²) in [6.45, 7) is -3.02. The van der Waals surface area contributed by atoms with E-state index in [0.29, 0.717) is 19.3 Å². The van der Waals surface area contributed by atoms with Gasteiger partial charge in [-0.05, 0) is 49.6 Å². The third kappa shape index (κ3) is 4.07. The fourth-order valence-corrected chi connectivity index (χ4v) is 6.29. The Morgan fingerprint density at radius 3 is 2.79 bits per heavy atom. The summed E-state index contributed by atoms with van der Waals surface area (Å²) in [5.41, 5.74) is 4.89. The van der Waals surface area contributed by atoms with Crippen LogP contribution in [0.3, 0.4) is 0 Å². The van der Waals surface area contributed by atoms with Crippen LogP contribution in [-0.4, -0.2) is 49.2 Å². The minimum Gasteiger partial charge on any atom is -0.433 e. The van der Waals surface area contributed by atoms with Crippen molar-refractivity contribution in [3.8, 4) is 5.75 Å². The maximum Gasteiger partial charge on any atom is 0.387 e. The lowest BCUT2D eigenvalue weighted by molar-refractivity contribution is -0.0500. The van der Waals surface area contributed by atoms with E-state index in [2.05, 4.69) is 20.0 Å². The number of halogens is 3. The van der Waals surface area contributed by atoms with E-state index in [1.807, 2.05) is 0 Å². The zero-order valence-corrected chi connectivity index (χ0v) is 18.2. The molecule has 2 aromatic rings. The number of anilines is 1. The summed E-state index contributed by atoms with van der Waals surface area (Å²) in [5, 5.41) is 1.81. The van der Waals surface area contributed by atoms with Gasteiger partial charge in [-0.25, -0.2) is 18.7 Å². The lowest BCUT2D eigenvalue weighted by Gasteiger charge is -2.54. The number of hydrogen-bond acceptors (Lipinski definition) is 8. The Labute approximate surface area is 188 Å². The van der Waals surface area contributed by atoms with Crippen LogP contribution >= 0.6 is 10.8 Å². The summed E-state index contributed by atoms with van der Waals surface area (Å²) in [5.74, 6) is -1.60. The van der Waals surface area contributed by atoms with Crippen molar-refractivity contribution in [1.29, 1.82) is 0 Å². The second-order valence-electron chi connectivity index (χ2n) is 7.74. The Morgan fingerprint density at radius 1 is 1.36 bits per heavy atom. The van der Waals surface area contributed by atoms with Gasteiger partial charge in [0.1, 0.15) is 22.8 Å². The molecule has 0 saturated heterocycles. The van der Waals surface area contributed by atoms with Crippen LogP contribution in [0.4, 0.5) is 18.9 Å². The normalized spacial score (nSPS) is 24.8. The van der Waals surface area contributed by atoms with E-state index in [0.717, 1.165) is 16.6 Å². The summed E-state index contributed by atoms with van der Waals surface area (Å²) < 4.78 is 66.4. The predicted octanol–water partition coefficient (Wildman–Crippen LogP) is 3.75. The fraction of sp³-hybridized carbons (Fsp3) is 0.350. The van der Waals surface area contributed by atoms with Gasteiger partial charge in [0.15, 0.2) is 0 Å². The van der Waals surface area contributed by atoms with E-state index in [-0.39, 0.29) is 28.7 Å². The van der Waals surface area contributed by atoms with E-state index >= 15 is 0 Å². The van der Waals surface area contributed by atoms with E-state index in [1.54, 1.807) is 0 Å². The van der Waals surface area contributed by atoms with Crippen LogP contribution in [0.15, 0.2) is 41.5 Å². The maximum absolute atomic E-state index is 15.0. The highest BCUT2D eigenvalue weighted by atomic mass is 32.3. The van der Waals surface area contributed by atoms with Gasteiger partial charge in [-0.1, -0.05) is 0 Å². The average molecular weight is 485 g/mol. The lowest BCUT2D eigenvalue weighted by atomic mass is 9.87. The SMILES string of the molecule is CN1C(N)=N[C@@]2(c3cc(NC(=O)c4ccc(OC(F)F)cn4)ccc3F)CCC[C@H]2S1(O)O. The first-order valence-corrected chi connectivity index (χ1v) is 11.5. The van der Waals surface area contributed by atoms with Gasteiger partial charge in [0, 0.05) is 18.3 Å². The molecule has 1 saturated carbocycles. The summed E-state index contributed by atoms with van der Waals surface area (Å²) in [4.78, 5) is 20.8. The second kappa shape index (κ2) is 8.39. The molecule has 9 nitrogen and oxygen atoms in total. The number of amides is 1. The quantitative estimate of drug-likeness (QED) is 0.507. The van der Waals surface area contributed by atoms with Crippen LogP contribution in [0, 0.1) is 5.82 Å². The fourth-order valence-electron chi connectivity index (χ4n) is 4.29. The molecule has 1 amide bonds. The van der Waals surface area contributed by atoms with Crippen molar-refractivity contribution in [2.75, 3.05) is 12.4 Å². The molecule has 0 bridgehead atoms. The molecule has 0 radical (unpaired) electrons. The van der Waals surface area contributed by atoms with Crippen molar-refractivity contribution >= 4 is 28.3 Å². The van der Waals surface area contributed by atoms with Gasteiger partial charge in [-0.2, -0.15) is 8.78 Å². The van der Waals surface area contributed by atoms with Gasteiger partial charge in [-0.15, -0.1) is 10.8 Å². The first kappa shape index (κ1) is 23.1. The molecule has 1 aliphatic carbocycles. The molecule has 5 N–H and O–H groups in total. The highest BCUT2D eigenvalue weighted by Crippen LogP contribution is 2.63. The van der Waals surface area contributed by atoms with Crippen LogP contribution in [0.5, 0.6) is 5.75 Å². The molecule has 4 rings (SSSR count). The van der Waals surface area contributed by atoms with Crippen molar-refractivity contribution < 1.29 is 31.8 Å². The molecule has 1 aromatic carbocycles. The van der Waals surface area contributed by atoms with Crippen LogP contribution in [0.1, 0.15) is 35.3 Å². The van der Waals surface area contributed by atoms with Crippen molar-refractivity contribution in [1.82, 2.24) is 9.29 Å². The highest BCUT2D eigenvalue weighted by Gasteiger charge is 2.56. The number of aliphatic imine (C=N–C) groups is 1. The molecule has 0 unspecified atom stereocenters. The molecule has 178 valence electrons. The number of pyridine rings is 1. The van der Waals surface area contributed by atoms with Gasteiger partial charge in [0.25, 0.3) is 5.91 Å². The monoisotopic (exact) mass is 485 g/mol. The third-order valence-electron chi connectivity index (χ3n) is 5.86. The topological polar surface area (TPSA) is 133 Å². The molecule has 0 spiro atoms. The maximum atomic E-state index is 15.0. The number of benzene rings is 1. The van der Waals surface area contributed by atoms with Crippen molar-refractivity contribution in [2.24, 2.45) is 10.7 Å². The van der Waals surface area contributed by atoms with Crippen molar-refractivity contribution in [3.05, 3.63) is 53.6 Å². The minimum atomic E-state index is -3.35. The zero-order chi connectivity index (χ0) is 24.0. The Kier molecular flexibility index (Phi) is 5.88. The van der Waals surface area contributed by atoms with E-state index < -0.39 is 39.9 Å². The van der Waals surface area contributed by atoms with E-state index in [1.165, 1.54) is 31.3 Å². The minimum absolute atomic E-state index is 0.0740. The number of rotatable bonds is 5. The Balaban J connectivity index is 1.64. The molecule has 2 atom stereocenters. The van der Waals surface area contributed by atoms with Gasteiger partial charge < -0.3 is 15.8 Å². The molecule has 1 aromatic heterocycles. The predicted molar refractivity (Wildman–Crippen MR) is 117 cm³/mol. The van der Waals surface area contributed by atoms with E-state index in [9.17, 15) is 27.1 Å². The number of carbonyl (C=O) groups excluding carboxylic acids is 1. The molecular weight excluding hydrogens is 463 g/mol. The van der Waals surface area contributed by atoms with Gasteiger partial charge >= 0.3 is 6.61 Å². The Bertz CT molecular complexity index is 1100. The number of guanidine groups is 1. The molecule has 1 fully saturated rings. The van der Waals surface area contributed by atoms with Gasteiger partial charge in [0.2, 0.25) is 5.96 Å². The summed E-state index contributed by atoms with van der Waals surface area (Å²) in [6, 6.07) is 6.26. The highest BCUT2D eigenvalue weighted by molar-refractivity contribution is 8.23. The summed E-state index contributed by atoms with van der Waals surface area (Å²) >= 11 is 0. The zero-order valence-electron chi connectivity index (χ0n) is 17.4. The van der Waals surface area contributed by atoms with Crippen LogP contribution in [-0.2, 0) is 5.54 Å². The Hall–Kier alpha value is -3.03. The summed E-state index contributed by atoms with van der Waals surface area (Å²) in [6.07, 6.45) is 2.33. The van der Waals surface area contributed by atoms with Crippen LogP contribution < -0.4 is 15.8 Å². The second-order valence-corrected chi connectivity index (χ2v) is 9.98. The standard InChI is InChI=1S/C20H22F3N5O4S/c1-28-19(24)27-20(8-2-3-16(20)33(28,30)31)13-9-11(4-6-14(13)21)26-17(29)15-7-5-12(10-25-15)32-18(22)23/h4-7,9-10,16,18,30-31H,2-3,8H2,1H3,(H2,24,27)(H,26,29)/t16-,20-/m1/s1. The van der Waals surface area contributed by atoms with Gasteiger partial charge in [-0.3, -0.25) is 13.9 Å². The largest absolute Gasteiger partial charge is 0.433 e. The number of aromatic nitrogens is 1. The van der Waals surface area contributed by atoms with Crippen molar-refractivity contribution in [2.45, 2.75) is 36.7 Å². The number of hydrogen-bond donors (Lipinski definition) is 4. The number of fused-ring (bicyclic) bond motifs is 1. The number of carbonyl (C=O) groups is 1. The molecule has 33 heavy (non-hydrogen) atoms. The number of nitrogens with one attached hydrogen (secondary N) is 1. The molecule has 13 heteroatoms. The Morgan fingerprint density at radius 2 is 2.12 bits per heavy atom. The molecule has 1 aliphatic heterocycles. The lowest BCUT2D eigenvalue weighted by Crippen LogP contribution is -2.52. The number of nitrogens with two attached hydrogens (primary N) is 1. The molecule has 2 heterocycles. The average Bonchev–Trinajstić information content (AvgIpc) is 3.19. The van der Waals surface area contributed by atoms with E-state index in [4.69, 9.17) is 5.73 Å². The van der Waals surface area contributed by atoms with Crippen LogP contribution in [0.25, 0.3) is 0 Å². The first-order chi connectivity index (χ1) is 15.5.